The maximum absolute atomic E-state index is 8.80. The summed E-state index contributed by atoms with van der Waals surface area (Å²) in [5.41, 5.74) is 0.890. The van der Waals surface area contributed by atoms with Crippen LogP contribution in [0.1, 0.15) is 43.1 Å². The molecule has 1 atom stereocenters. The monoisotopic (exact) mass is 291 g/mol. The van der Waals surface area contributed by atoms with Gasteiger partial charge in [-0.1, -0.05) is 5.21 Å². The normalized spacial score (nSPS) is 15.3. The highest BCUT2D eigenvalue weighted by Crippen LogP contribution is 2.18. The summed E-state index contributed by atoms with van der Waals surface area (Å²) in [4.78, 5) is 0. The second kappa shape index (κ2) is 6.31. The number of hydrogen-bond donors (Lipinski definition) is 2. The van der Waals surface area contributed by atoms with Gasteiger partial charge in [0.1, 0.15) is 11.6 Å². The predicted molar refractivity (Wildman–Crippen MR) is 75.3 cm³/mol. The highest BCUT2D eigenvalue weighted by atomic mass is 16.3. The van der Waals surface area contributed by atoms with Crippen LogP contribution in [-0.2, 0) is 26.1 Å². The van der Waals surface area contributed by atoms with Gasteiger partial charge in [0, 0.05) is 38.9 Å². The lowest BCUT2D eigenvalue weighted by Gasteiger charge is -2.12. The molecule has 0 aliphatic carbocycles. The van der Waals surface area contributed by atoms with Gasteiger partial charge in [0.2, 0.25) is 0 Å². The largest absolute Gasteiger partial charge is 0.396 e. The van der Waals surface area contributed by atoms with Crippen molar-refractivity contribution in [1.82, 2.24) is 35.1 Å². The smallest absolute Gasteiger partial charge is 0.149 e. The number of aliphatic hydroxyl groups excluding tert-OH is 1. The SMILES string of the molecule is CC(NCc1cn(CCCO)nn1)c1nnc2n1CCC2. The Morgan fingerprint density at radius 3 is 3.14 bits per heavy atom. The molecule has 0 fully saturated rings. The molecule has 8 heteroatoms. The van der Waals surface area contributed by atoms with E-state index in [0.717, 1.165) is 36.7 Å². The first kappa shape index (κ1) is 14.2. The zero-order chi connectivity index (χ0) is 14.7. The Bertz CT molecular complexity index is 591. The molecule has 0 amide bonds. The molecule has 114 valence electrons. The van der Waals surface area contributed by atoms with Crippen molar-refractivity contribution in [3.8, 4) is 0 Å². The molecular weight excluding hydrogens is 270 g/mol. The standard InChI is InChI=1S/C13H21N7O/c1-10(13-17-16-12-4-2-6-20(12)13)14-8-11-9-19(18-15-11)5-3-7-21/h9-10,14,21H,2-8H2,1H3. The number of aromatic nitrogens is 6. The third-order valence-electron chi connectivity index (χ3n) is 3.75. The molecule has 8 nitrogen and oxygen atoms in total. The van der Waals surface area contributed by atoms with E-state index in [9.17, 15) is 0 Å². The minimum atomic E-state index is 0.131. The fourth-order valence-electron chi connectivity index (χ4n) is 2.60. The summed E-state index contributed by atoms with van der Waals surface area (Å²) >= 11 is 0. The number of hydrogen-bond acceptors (Lipinski definition) is 6. The predicted octanol–water partition coefficient (Wildman–Crippen LogP) is 0.0490. The summed E-state index contributed by atoms with van der Waals surface area (Å²) in [5, 5.41) is 28.9. The molecule has 3 rings (SSSR count). The summed E-state index contributed by atoms with van der Waals surface area (Å²) < 4.78 is 3.96. The number of fused-ring (bicyclic) bond motifs is 1. The Morgan fingerprint density at radius 2 is 2.29 bits per heavy atom. The lowest BCUT2D eigenvalue weighted by atomic mass is 10.3. The number of nitrogens with zero attached hydrogens (tertiary/aromatic N) is 6. The van der Waals surface area contributed by atoms with Crippen LogP contribution in [0.3, 0.4) is 0 Å². The molecule has 1 aliphatic heterocycles. The molecule has 2 N–H and O–H groups in total. The summed E-state index contributed by atoms with van der Waals surface area (Å²) in [6.07, 6.45) is 4.78. The van der Waals surface area contributed by atoms with E-state index in [1.54, 1.807) is 4.68 Å². The Labute approximate surface area is 123 Å². The first-order valence-electron chi connectivity index (χ1n) is 7.43. The molecule has 2 aromatic heterocycles. The van der Waals surface area contributed by atoms with Gasteiger partial charge >= 0.3 is 0 Å². The van der Waals surface area contributed by atoms with Crippen molar-refractivity contribution in [2.24, 2.45) is 0 Å². The topological polar surface area (TPSA) is 93.7 Å². The van der Waals surface area contributed by atoms with Crippen LogP contribution in [0.2, 0.25) is 0 Å². The van der Waals surface area contributed by atoms with Gasteiger partial charge in [-0.2, -0.15) is 0 Å². The van der Waals surface area contributed by atoms with Crippen LogP contribution in [-0.4, -0.2) is 41.5 Å². The summed E-state index contributed by atoms with van der Waals surface area (Å²) in [5.74, 6) is 2.09. The third kappa shape index (κ3) is 3.11. The van der Waals surface area contributed by atoms with Gasteiger partial charge in [0.05, 0.1) is 11.7 Å². The van der Waals surface area contributed by atoms with E-state index in [4.69, 9.17) is 5.11 Å². The summed E-state index contributed by atoms with van der Waals surface area (Å²) in [7, 11) is 0. The number of aryl methyl sites for hydroxylation is 2. The Morgan fingerprint density at radius 1 is 1.38 bits per heavy atom. The summed E-state index contributed by atoms with van der Waals surface area (Å²) in [6, 6.07) is 0.131. The first-order valence-corrected chi connectivity index (χ1v) is 7.43. The van der Waals surface area contributed by atoms with Crippen molar-refractivity contribution in [2.75, 3.05) is 6.61 Å². The quantitative estimate of drug-likeness (QED) is 0.748. The first-order chi connectivity index (χ1) is 10.3. The van der Waals surface area contributed by atoms with Crippen molar-refractivity contribution >= 4 is 0 Å². The fourth-order valence-corrected chi connectivity index (χ4v) is 2.60. The Kier molecular flexibility index (Phi) is 4.26. The van der Waals surface area contributed by atoms with Crippen molar-refractivity contribution in [3.63, 3.8) is 0 Å². The van der Waals surface area contributed by atoms with Crippen molar-refractivity contribution < 1.29 is 5.11 Å². The molecule has 0 bridgehead atoms. The second-order valence-electron chi connectivity index (χ2n) is 5.38. The maximum Gasteiger partial charge on any atom is 0.149 e. The van der Waals surface area contributed by atoms with E-state index in [0.29, 0.717) is 19.5 Å². The average molecular weight is 291 g/mol. The zero-order valence-electron chi connectivity index (χ0n) is 12.2. The van der Waals surface area contributed by atoms with Crippen molar-refractivity contribution in [3.05, 3.63) is 23.5 Å². The zero-order valence-corrected chi connectivity index (χ0v) is 12.2. The van der Waals surface area contributed by atoms with Crippen molar-refractivity contribution in [2.45, 2.75) is 51.9 Å². The van der Waals surface area contributed by atoms with Crippen LogP contribution in [0.4, 0.5) is 0 Å². The lowest BCUT2D eigenvalue weighted by molar-refractivity contribution is 0.276. The molecule has 0 radical (unpaired) electrons. The molecular formula is C13H21N7O. The highest BCUT2D eigenvalue weighted by Gasteiger charge is 2.21. The number of rotatable bonds is 7. The molecule has 0 spiro atoms. The van der Waals surface area contributed by atoms with Gasteiger partial charge in [-0.05, 0) is 19.8 Å². The van der Waals surface area contributed by atoms with Gasteiger partial charge < -0.3 is 15.0 Å². The Hall–Kier alpha value is -1.80. The van der Waals surface area contributed by atoms with Crippen LogP contribution < -0.4 is 5.32 Å². The maximum atomic E-state index is 8.80. The lowest BCUT2D eigenvalue weighted by Crippen LogP contribution is -2.21. The average Bonchev–Trinajstić information content (AvgIpc) is 3.18. The van der Waals surface area contributed by atoms with Gasteiger partial charge in [-0.15, -0.1) is 15.3 Å². The van der Waals surface area contributed by atoms with Crippen molar-refractivity contribution in [1.29, 1.82) is 0 Å². The molecule has 3 heterocycles. The van der Waals surface area contributed by atoms with Crippen LogP contribution in [0.5, 0.6) is 0 Å². The molecule has 2 aromatic rings. The van der Waals surface area contributed by atoms with E-state index < -0.39 is 0 Å². The van der Waals surface area contributed by atoms with Gasteiger partial charge in [0.15, 0.2) is 0 Å². The molecule has 1 unspecified atom stereocenters. The van der Waals surface area contributed by atoms with Crippen LogP contribution >= 0.6 is 0 Å². The third-order valence-corrected chi connectivity index (χ3v) is 3.75. The van der Waals surface area contributed by atoms with E-state index in [2.05, 4.69) is 37.3 Å². The van der Waals surface area contributed by atoms with Gasteiger partial charge in [0.25, 0.3) is 0 Å². The van der Waals surface area contributed by atoms with Crippen LogP contribution in [0, 0.1) is 0 Å². The number of nitrogens with one attached hydrogen (secondary N) is 1. The van der Waals surface area contributed by atoms with Gasteiger partial charge in [-0.3, -0.25) is 4.68 Å². The fraction of sp³-hybridized carbons (Fsp3) is 0.692. The van der Waals surface area contributed by atoms with E-state index in [1.807, 2.05) is 6.20 Å². The van der Waals surface area contributed by atoms with Gasteiger partial charge in [-0.25, -0.2) is 0 Å². The van der Waals surface area contributed by atoms with E-state index in [1.165, 1.54) is 0 Å². The molecule has 0 saturated heterocycles. The summed E-state index contributed by atoms with van der Waals surface area (Å²) in [6.45, 7) is 4.61. The molecule has 1 aliphatic rings. The minimum absolute atomic E-state index is 0.131. The number of aliphatic hydroxyl groups is 1. The van der Waals surface area contributed by atoms with E-state index >= 15 is 0 Å². The highest BCUT2D eigenvalue weighted by molar-refractivity contribution is 5.04. The Balaban J connectivity index is 1.55. The molecule has 21 heavy (non-hydrogen) atoms. The second-order valence-corrected chi connectivity index (χ2v) is 5.38. The minimum Gasteiger partial charge on any atom is -0.396 e. The van der Waals surface area contributed by atoms with Crippen LogP contribution in [0.25, 0.3) is 0 Å². The molecule has 0 saturated carbocycles. The van der Waals surface area contributed by atoms with E-state index in [-0.39, 0.29) is 12.6 Å². The van der Waals surface area contributed by atoms with Crippen LogP contribution in [0.15, 0.2) is 6.20 Å². The molecule has 0 aromatic carbocycles.